The first-order chi connectivity index (χ1) is 11.3. The highest BCUT2D eigenvalue weighted by Crippen LogP contribution is 2.68. The van der Waals surface area contributed by atoms with E-state index < -0.39 is 0 Å². The lowest BCUT2D eigenvalue weighted by Crippen LogP contribution is -2.55. The Bertz CT molecular complexity index is 548. The van der Waals surface area contributed by atoms with Crippen LogP contribution in [0.5, 0.6) is 0 Å². The van der Waals surface area contributed by atoms with Gasteiger partial charge in [-0.25, -0.2) is 0 Å². The summed E-state index contributed by atoms with van der Waals surface area (Å²) in [6, 6.07) is 0. The Morgan fingerprint density at radius 3 is 2.67 bits per heavy atom. The molecule has 0 saturated heterocycles. The Kier molecular flexibility index (Phi) is 4.70. The minimum Gasteiger partial charge on any atom is -0.469 e. The molecule has 0 spiro atoms. The number of rotatable bonds is 4. The molecule has 6 atom stereocenters. The summed E-state index contributed by atoms with van der Waals surface area (Å²) in [6.45, 7) is 11.6. The average Bonchev–Trinajstić information content (AvgIpc) is 2.94. The van der Waals surface area contributed by atoms with Gasteiger partial charge in [0.15, 0.2) is 0 Å². The van der Waals surface area contributed by atoms with E-state index in [0.29, 0.717) is 35.0 Å². The molecule has 0 amide bonds. The lowest BCUT2D eigenvalue weighted by molar-refractivity contribution is -0.144. The van der Waals surface area contributed by atoms with E-state index in [1.165, 1.54) is 44.8 Å². The van der Waals surface area contributed by atoms with E-state index in [9.17, 15) is 4.79 Å². The van der Waals surface area contributed by atoms with Gasteiger partial charge in [0.05, 0.1) is 7.11 Å². The van der Waals surface area contributed by atoms with Crippen molar-refractivity contribution in [2.24, 2.45) is 34.5 Å². The summed E-state index contributed by atoms with van der Waals surface area (Å²) in [5, 5.41) is 0. The molecule has 0 aliphatic heterocycles. The molecule has 134 valence electrons. The van der Waals surface area contributed by atoms with Crippen molar-refractivity contribution in [3.8, 4) is 0 Å². The fourth-order valence-corrected chi connectivity index (χ4v) is 6.52. The molecule has 3 rings (SSSR count). The fraction of sp³-hybridized carbons (Fsp3) is 0.773. The molecule has 0 radical (unpaired) electrons. The number of carbonyl (C=O) groups excluding carboxylic acids is 1. The van der Waals surface area contributed by atoms with Crippen molar-refractivity contribution in [2.45, 2.75) is 65.7 Å². The minimum absolute atomic E-state index is 0.0647. The van der Waals surface area contributed by atoms with Crippen molar-refractivity contribution >= 4 is 5.97 Å². The van der Waals surface area contributed by atoms with Crippen LogP contribution in [0.3, 0.4) is 0 Å². The first-order valence-electron chi connectivity index (χ1n) is 9.72. The monoisotopic (exact) mass is 330 g/mol. The first-order valence-corrected chi connectivity index (χ1v) is 9.72. The number of ether oxygens (including phenoxy) is 1. The topological polar surface area (TPSA) is 26.3 Å². The van der Waals surface area contributed by atoms with Crippen LogP contribution in [0.15, 0.2) is 24.3 Å². The fourth-order valence-electron chi connectivity index (χ4n) is 6.52. The van der Waals surface area contributed by atoms with E-state index >= 15 is 0 Å². The van der Waals surface area contributed by atoms with Gasteiger partial charge >= 0.3 is 5.97 Å². The van der Waals surface area contributed by atoms with Crippen molar-refractivity contribution < 1.29 is 9.53 Å². The number of methoxy groups -OCH3 is 1. The summed E-state index contributed by atoms with van der Waals surface area (Å²) in [4.78, 5) is 11.8. The van der Waals surface area contributed by atoms with Crippen LogP contribution in [0, 0.1) is 34.5 Å². The number of hydrogen-bond acceptors (Lipinski definition) is 2. The lowest BCUT2D eigenvalue weighted by atomic mass is 9.42. The lowest BCUT2D eigenvalue weighted by Gasteiger charge is -2.62. The number of carbonyl (C=O) groups is 1. The summed E-state index contributed by atoms with van der Waals surface area (Å²) >= 11 is 0. The van der Waals surface area contributed by atoms with Crippen LogP contribution in [0.1, 0.15) is 65.7 Å². The molecule has 0 bridgehead atoms. The molecule has 3 aliphatic rings. The smallest absolute Gasteiger partial charge is 0.305 e. The zero-order valence-electron chi connectivity index (χ0n) is 15.9. The van der Waals surface area contributed by atoms with Crippen LogP contribution in [0.25, 0.3) is 0 Å². The van der Waals surface area contributed by atoms with Crippen LogP contribution in [-0.2, 0) is 9.53 Å². The molecule has 0 N–H and O–H groups in total. The predicted molar refractivity (Wildman–Crippen MR) is 98.5 cm³/mol. The van der Waals surface area contributed by atoms with Gasteiger partial charge in [0, 0.05) is 6.42 Å². The largest absolute Gasteiger partial charge is 0.469 e. The molecule has 24 heavy (non-hydrogen) atoms. The van der Waals surface area contributed by atoms with Crippen LogP contribution in [-0.4, -0.2) is 13.1 Å². The maximum atomic E-state index is 11.8. The molecule has 0 aromatic heterocycles. The highest BCUT2D eigenvalue weighted by Gasteiger charge is 2.60. The van der Waals surface area contributed by atoms with Crippen LogP contribution in [0.2, 0.25) is 0 Å². The van der Waals surface area contributed by atoms with E-state index in [2.05, 4.69) is 39.5 Å². The minimum atomic E-state index is -0.0647. The van der Waals surface area contributed by atoms with E-state index in [1.54, 1.807) is 0 Å². The Labute approximate surface area is 147 Å². The summed E-state index contributed by atoms with van der Waals surface area (Å²) in [7, 11) is 1.50. The van der Waals surface area contributed by atoms with Gasteiger partial charge in [-0.2, -0.15) is 0 Å². The number of esters is 1. The van der Waals surface area contributed by atoms with E-state index in [-0.39, 0.29) is 5.97 Å². The van der Waals surface area contributed by atoms with E-state index in [1.807, 2.05) is 0 Å². The molecule has 0 aromatic carbocycles. The highest BCUT2D eigenvalue weighted by atomic mass is 16.5. The third-order valence-electron chi connectivity index (χ3n) is 8.19. The molecular weight excluding hydrogens is 296 g/mol. The van der Waals surface area contributed by atoms with Gasteiger partial charge in [0.2, 0.25) is 0 Å². The molecule has 2 nitrogen and oxygen atoms in total. The molecule has 2 heteroatoms. The SMILES string of the molecule is C=C(C)C1CCC2(C)C(CCC3C=CCC32C)C1CCC(=O)OC. The molecule has 2 saturated carbocycles. The van der Waals surface area contributed by atoms with Gasteiger partial charge in [0.1, 0.15) is 0 Å². The number of fused-ring (bicyclic) bond motifs is 3. The third kappa shape index (κ3) is 2.57. The molecule has 0 aromatic rings. The summed E-state index contributed by atoms with van der Waals surface area (Å²) in [6.07, 6.45) is 12.8. The van der Waals surface area contributed by atoms with Crippen molar-refractivity contribution in [2.75, 3.05) is 7.11 Å². The van der Waals surface area contributed by atoms with E-state index in [0.717, 1.165) is 12.3 Å². The normalized spacial score (nSPS) is 43.8. The second-order valence-electron chi connectivity index (χ2n) is 9.03. The van der Waals surface area contributed by atoms with Gasteiger partial charge in [-0.1, -0.05) is 38.2 Å². The number of hydrogen-bond donors (Lipinski definition) is 0. The zero-order valence-corrected chi connectivity index (χ0v) is 15.9. The van der Waals surface area contributed by atoms with Gasteiger partial charge < -0.3 is 4.74 Å². The Morgan fingerprint density at radius 1 is 1.25 bits per heavy atom. The Balaban J connectivity index is 1.88. The summed E-state index contributed by atoms with van der Waals surface area (Å²) in [5.41, 5.74) is 2.09. The van der Waals surface area contributed by atoms with E-state index in [4.69, 9.17) is 4.74 Å². The van der Waals surface area contributed by atoms with Crippen LogP contribution < -0.4 is 0 Å². The van der Waals surface area contributed by atoms with Crippen molar-refractivity contribution in [3.05, 3.63) is 24.3 Å². The van der Waals surface area contributed by atoms with Gasteiger partial charge in [-0.05, 0) is 80.0 Å². The average molecular weight is 331 g/mol. The van der Waals surface area contributed by atoms with Crippen LogP contribution >= 0.6 is 0 Å². The second-order valence-corrected chi connectivity index (χ2v) is 9.03. The van der Waals surface area contributed by atoms with Crippen molar-refractivity contribution in [3.63, 3.8) is 0 Å². The van der Waals surface area contributed by atoms with Crippen molar-refractivity contribution in [1.29, 1.82) is 0 Å². The standard InChI is InChI=1S/C22H34O2/c1-15(2)17-12-14-22(4)19(18(17)9-11-20(23)24-5)10-8-16-7-6-13-21(16,22)3/h6-7,16-19H,1,8-14H2,2-5H3. The Morgan fingerprint density at radius 2 is 2.00 bits per heavy atom. The third-order valence-corrected chi connectivity index (χ3v) is 8.19. The summed E-state index contributed by atoms with van der Waals surface area (Å²) < 4.78 is 4.92. The Hall–Kier alpha value is -1.05. The van der Waals surface area contributed by atoms with Gasteiger partial charge in [0.25, 0.3) is 0 Å². The molecule has 3 aliphatic carbocycles. The van der Waals surface area contributed by atoms with Gasteiger partial charge in [-0.15, -0.1) is 0 Å². The van der Waals surface area contributed by atoms with Crippen molar-refractivity contribution in [1.82, 2.24) is 0 Å². The van der Waals surface area contributed by atoms with Gasteiger partial charge in [-0.3, -0.25) is 4.79 Å². The molecule has 2 fully saturated rings. The molecule has 0 heterocycles. The van der Waals surface area contributed by atoms with Crippen LogP contribution in [0.4, 0.5) is 0 Å². The number of allylic oxidation sites excluding steroid dienone is 3. The highest BCUT2D eigenvalue weighted by molar-refractivity contribution is 5.69. The predicted octanol–water partition coefficient (Wildman–Crippen LogP) is 5.54. The maximum absolute atomic E-state index is 11.8. The molecule has 6 unspecified atom stereocenters. The first kappa shape index (κ1) is 17.8. The zero-order chi connectivity index (χ0) is 17.5. The quantitative estimate of drug-likeness (QED) is 0.499. The summed E-state index contributed by atoms with van der Waals surface area (Å²) in [5.74, 6) is 2.55. The maximum Gasteiger partial charge on any atom is 0.305 e. The second kappa shape index (κ2) is 6.35. The molecular formula is C22H34O2.